The summed E-state index contributed by atoms with van der Waals surface area (Å²) < 4.78 is 5.44. The van der Waals surface area contributed by atoms with Gasteiger partial charge in [0.1, 0.15) is 5.60 Å². The van der Waals surface area contributed by atoms with Crippen LogP contribution in [0.25, 0.3) is 0 Å². The van der Waals surface area contributed by atoms with E-state index in [0.717, 1.165) is 24.3 Å². The maximum atomic E-state index is 12.2. The molecule has 2 aliphatic rings. The number of nitrogens with zero attached hydrogens (tertiary/aromatic N) is 2. The van der Waals surface area contributed by atoms with Gasteiger partial charge < -0.3 is 4.74 Å². The molecule has 0 atom stereocenters. The predicted molar refractivity (Wildman–Crippen MR) is 67.7 cm³/mol. The first-order chi connectivity index (χ1) is 8.41. The summed E-state index contributed by atoms with van der Waals surface area (Å²) in [6.07, 6.45) is 4.86. The fraction of sp³-hybridized carbons (Fsp3) is 0.692. The van der Waals surface area contributed by atoms with Crippen molar-refractivity contribution in [2.45, 2.75) is 51.0 Å². The molecule has 0 unspecified atom stereocenters. The fourth-order valence-electron chi connectivity index (χ4n) is 2.60. The van der Waals surface area contributed by atoms with Gasteiger partial charge in [0.15, 0.2) is 0 Å². The Balaban J connectivity index is 1.86. The highest BCUT2D eigenvalue weighted by Gasteiger charge is 2.51. The lowest BCUT2D eigenvalue weighted by atomic mass is 9.93. The number of aromatic nitrogens is 2. The molecule has 0 aromatic carbocycles. The van der Waals surface area contributed by atoms with E-state index in [4.69, 9.17) is 4.74 Å². The number of rotatable bonds is 0. The zero-order valence-electron chi connectivity index (χ0n) is 11.1. The first-order valence-corrected chi connectivity index (χ1v) is 6.46. The Kier molecular flexibility index (Phi) is 2.24. The normalized spacial score (nSPS) is 20.7. The topological polar surface area (TPSA) is 58.2 Å². The number of carbonyl (C=O) groups is 1. The van der Waals surface area contributed by atoms with Crippen LogP contribution in [0.5, 0.6) is 0 Å². The molecule has 1 amide bonds. The molecule has 5 nitrogen and oxygen atoms in total. The molecule has 5 heteroatoms. The molecule has 1 fully saturated rings. The minimum absolute atomic E-state index is 0.268. The van der Waals surface area contributed by atoms with Crippen LogP contribution in [0.2, 0.25) is 0 Å². The zero-order chi connectivity index (χ0) is 13.0. The van der Waals surface area contributed by atoms with Crippen LogP contribution >= 0.6 is 0 Å². The third-order valence-corrected chi connectivity index (χ3v) is 3.72. The van der Waals surface area contributed by atoms with Crippen LogP contribution < -0.4 is 4.90 Å². The van der Waals surface area contributed by atoms with Crippen LogP contribution in [0.1, 0.15) is 45.7 Å². The second kappa shape index (κ2) is 3.49. The maximum Gasteiger partial charge on any atom is 0.414 e. The van der Waals surface area contributed by atoms with Gasteiger partial charge in [-0.3, -0.25) is 10.00 Å². The average Bonchev–Trinajstić information content (AvgIpc) is 2.84. The highest BCUT2D eigenvalue weighted by Crippen LogP contribution is 2.55. The van der Waals surface area contributed by atoms with E-state index in [1.165, 1.54) is 12.8 Å². The van der Waals surface area contributed by atoms with E-state index >= 15 is 0 Å². The standard InChI is InChI=1S/C13H19N3O2/c1-12(2,3)18-11(17)16-7-6-13(4-5-13)10-9(16)8-14-15-10/h8H,4-7H2,1-3H3,(H,14,15). The SMILES string of the molecule is CC(C)(C)OC(=O)N1CCC2(CC2)c2[nH]ncc21. The molecule has 1 spiro atoms. The molecular formula is C13H19N3O2. The third kappa shape index (κ3) is 1.78. The van der Waals surface area contributed by atoms with Gasteiger partial charge in [-0.05, 0) is 40.0 Å². The molecule has 3 rings (SSSR count). The lowest BCUT2D eigenvalue weighted by Crippen LogP contribution is -2.41. The van der Waals surface area contributed by atoms with Crippen LogP contribution in [0, 0.1) is 0 Å². The van der Waals surface area contributed by atoms with Crippen molar-refractivity contribution in [3.8, 4) is 0 Å². The first-order valence-electron chi connectivity index (χ1n) is 6.46. The Hall–Kier alpha value is -1.52. The Morgan fingerprint density at radius 1 is 1.44 bits per heavy atom. The van der Waals surface area contributed by atoms with Gasteiger partial charge in [0, 0.05) is 12.0 Å². The van der Waals surface area contributed by atoms with Gasteiger partial charge in [-0.25, -0.2) is 4.79 Å². The summed E-state index contributed by atoms with van der Waals surface area (Å²) in [5.74, 6) is 0. The molecule has 18 heavy (non-hydrogen) atoms. The van der Waals surface area contributed by atoms with Gasteiger partial charge >= 0.3 is 6.09 Å². The second-order valence-corrected chi connectivity index (χ2v) is 6.29. The summed E-state index contributed by atoms with van der Waals surface area (Å²) >= 11 is 0. The Morgan fingerprint density at radius 2 is 2.17 bits per heavy atom. The lowest BCUT2D eigenvalue weighted by Gasteiger charge is -2.32. The number of fused-ring (bicyclic) bond motifs is 2. The van der Waals surface area contributed by atoms with Crippen molar-refractivity contribution in [2.24, 2.45) is 0 Å². The number of anilines is 1. The summed E-state index contributed by atoms with van der Waals surface area (Å²) in [6, 6.07) is 0. The Bertz CT molecular complexity index is 483. The van der Waals surface area contributed by atoms with Crippen molar-refractivity contribution in [3.63, 3.8) is 0 Å². The number of ether oxygens (including phenoxy) is 1. The quantitative estimate of drug-likeness (QED) is 0.768. The van der Waals surface area contributed by atoms with Crippen LogP contribution in [-0.4, -0.2) is 28.4 Å². The van der Waals surface area contributed by atoms with Crippen molar-refractivity contribution >= 4 is 11.8 Å². The number of hydrogen-bond acceptors (Lipinski definition) is 3. The Labute approximate surface area is 107 Å². The highest BCUT2D eigenvalue weighted by atomic mass is 16.6. The molecule has 0 bridgehead atoms. The molecule has 1 aliphatic carbocycles. The van der Waals surface area contributed by atoms with E-state index in [1.807, 2.05) is 20.8 Å². The summed E-state index contributed by atoms with van der Waals surface area (Å²) in [6.45, 7) is 6.37. The van der Waals surface area contributed by atoms with E-state index in [1.54, 1.807) is 11.1 Å². The first kappa shape index (κ1) is 11.6. The molecule has 98 valence electrons. The van der Waals surface area contributed by atoms with E-state index in [-0.39, 0.29) is 11.5 Å². The van der Waals surface area contributed by atoms with Gasteiger partial charge in [0.05, 0.1) is 17.6 Å². The minimum Gasteiger partial charge on any atom is -0.443 e. The summed E-state index contributed by atoms with van der Waals surface area (Å²) in [4.78, 5) is 13.9. The smallest absolute Gasteiger partial charge is 0.414 e. The van der Waals surface area contributed by atoms with E-state index in [0.29, 0.717) is 0 Å². The summed E-state index contributed by atoms with van der Waals surface area (Å²) in [5.41, 5.74) is 1.81. The maximum absolute atomic E-state index is 12.2. The van der Waals surface area contributed by atoms with Crippen LogP contribution in [-0.2, 0) is 10.2 Å². The van der Waals surface area contributed by atoms with Gasteiger partial charge in [0.25, 0.3) is 0 Å². The molecule has 1 aliphatic heterocycles. The van der Waals surface area contributed by atoms with Gasteiger partial charge in [0.2, 0.25) is 0 Å². The summed E-state index contributed by atoms with van der Waals surface area (Å²) in [5, 5.41) is 7.15. The number of H-pyrrole nitrogens is 1. The average molecular weight is 249 g/mol. The highest BCUT2D eigenvalue weighted by molar-refractivity contribution is 5.89. The third-order valence-electron chi connectivity index (χ3n) is 3.72. The Morgan fingerprint density at radius 3 is 2.78 bits per heavy atom. The van der Waals surface area contributed by atoms with E-state index < -0.39 is 5.60 Å². The molecule has 0 radical (unpaired) electrons. The van der Waals surface area contributed by atoms with Crippen molar-refractivity contribution < 1.29 is 9.53 Å². The van der Waals surface area contributed by atoms with Crippen LogP contribution in [0.15, 0.2) is 6.20 Å². The molecule has 2 heterocycles. The van der Waals surface area contributed by atoms with E-state index in [2.05, 4.69) is 10.2 Å². The largest absolute Gasteiger partial charge is 0.443 e. The number of nitrogens with one attached hydrogen (secondary N) is 1. The van der Waals surface area contributed by atoms with Gasteiger partial charge in [-0.1, -0.05) is 0 Å². The van der Waals surface area contributed by atoms with Crippen LogP contribution in [0.4, 0.5) is 10.5 Å². The molecule has 1 N–H and O–H groups in total. The number of carbonyl (C=O) groups excluding carboxylic acids is 1. The molecular weight excluding hydrogens is 230 g/mol. The summed E-state index contributed by atoms with van der Waals surface area (Å²) in [7, 11) is 0. The molecule has 0 saturated heterocycles. The van der Waals surface area contributed by atoms with Crippen molar-refractivity contribution in [1.82, 2.24) is 10.2 Å². The van der Waals surface area contributed by atoms with Gasteiger partial charge in [-0.2, -0.15) is 5.10 Å². The number of aromatic amines is 1. The lowest BCUT2D eigenvalue weighted by molar-refractivity contribution is 0.0576. The van der Waals surface area contributed by atoms with Gasteiger partial charge in [-0.15, -0.1) is 0 Å². The van der Waals surface area contributed by atoms with E-state index in [9.17, 15) is 4.79 Å². The zero-order valence-corrected chi connectivity index (χ0v) is 11.1. The molecule has 1 aromatic rings. The number of amides is 1. The second-order valence-electron chi connectivity index (χ2n) is 6.29. The van der Waals surface area contributed by atoms with Crippen molar-refractivity contribution in [3.05, 3.63) is 11.9 Å². The molecule has 1 aromatic heterocycles. The van der Waals surface area contributed by atoms with Crippen LogP contribution in [0.3, 0.4) is 0 Å². The number of hydrogen-bond donors (Lipinski definition) is 1. The van der Waals surface area contributed by atoms with Crippen molar-refractivity contribution in [2.75, 3.05) is 11.4 Å². The fourth-order valence-corrected chi connectivity index (χ4v) is 2.60. The molecule has 1 saturated carbocycles. The predicted octanol–water partition coefficient (Wildman–Crippen LogP) is 2.59. The minimum atomic E-state index is -0.463. The monoisotopic (exact) mass is 249 g/mol. The van der Waals surface area contributed by atoms with Crippen molar-refractivity contribution in [1.29, 1.82) is 0 Å².